The molecule has 0 heterocycles. The second kappa shape index (κ2) is 10.4. The quantitative estimate of drug-likeness (QED) is 0.533. The van der Waals surface area contributed by atoms with Crippen molar-refractivity contribution in [2.75, 3.05) is 33.5 Å². The summed E-state index contributed by atoms with van der Waals surface area (Å²) in [7, 11) is 1.63. The molecular weight excluding hydrogens is 194 g/mol. The molecule has 0 aromatic heterocycles. The van der Waals surface area contributed by atoms with E-state index in [1.165, 1.54) is 0 Å². The first-order chi connectivity index (χ1) is 7.24. The highest BCUT2D eigenvalue weighted by molar-refractivity contribution is 4.66. The van der Waals surface area contributed by atoms with Crippen molar-refractivity contribution in [1.29, 1.82) is 0 Å². The van der Waals surface area contributed by atoms with Crippen molar-refractivity contribution < 1.29 is 14.6 Å². The van der Waals surface area contributed by atoms with Gasteiger partial charge in [-0.1, -0.05) is 13.8 Å². The van der Waals surface area contributed by atoms with Crippen LogP contribution in [0.5, 0.6) is 0 Å². The molecule has 0 spiro atoms. The molecule has 0 aliphatic carbocycles. The monoisotopic (exact) mass is 219 g/mol. The second-order valence-electron chi connectivity index (χ2n) is 3.64. The smallest absolute Gasteiger partial charge is 0.0897 e. The largest absolute Gasteiger partial charge is 0.389 e. The summed E-state index contributed by atoms with van der Waals surface area (Å²) in [4.78, 5) is 0. The summed E-state index contributed by atoms with van der Waals surface area (Å²) in [5.74, 6) is 0. The van der Waals surface area contributed by atoms with E-state index in [4.69, 9.17) is 9.47 Å². The van der Waals surface area contributed by atoms with Crippen molar-refractivity contribution in [3.8, 4) is 0 Å². The van der Waals surface area contributed by atoms with Crippen molar-refractivity contribution in [2.45, 2.75) is 38.8 Å². The maximum atomic E-state index is 9.56. The maximum absolute atomic E-state index is 9.56. The van der Waals surface area contributed by atoms with Crippen LogP contribution < -0.4 is 5.32 Å². The van der Waals surface area contributed by atoms with Gasteiger partial charge < -0.3 is 19.9 Å². The van der Waals surface area contributed by atoms with Gasteiger partial charge in [0, 0.05) is 19.7 Å². The average molecular weight is 219 g/mol. The van der Waals surface area contributed by atoms with E-state index in [9.17, 15) is 5.11 Å². The van der Waals surface area contributed by atoms with E-state index < -0.39 is 6.10 Å². The van der Waals surface area contributed by atoms with E-state index in [0.29, 0.717) is 32.4 Å². The van der Waals surface area contributed by atoms with Gasteiger partial charge in [0.05, 0.1) is 25.9 Å². The molecule has 0 radical (unpaired) electrons. The highest BCUT2D eigenvalue weighted by Gasteiger charge is 2.07. The molecule has 0 aliphatic rings. The summed E-state index contributed by atoms with van der Waals surface area (Å²) in [6, 6.07) is 0.499. The molecule has 0 bridgehead atoms. The van der Waals surface area contributed by atoms with Gasteiger partial charge in [-0.3, -0.25) is 0 Å². The topological polar surface area (TPSA) is 50.7 Å². The van der Waals surface area contributed by atoms with Gasteiger partial charge in [-0.2, -0.15) is 0 Å². The number of nitrogens with one attached hydrogen (secondary N) is 1. The molecule has 0 saturated heterocycles. The van der Waals surface area contributed by atoms with Gasteiger partial charge in [-0.05, 0) is 12.8 Å². The molecule has 0 rings (SSSR count). The fourth-order valence-corrected chi connectivity index (χ4v) is 1.30. The molecule has 0 aromatic carbocycles. The van der Waals surface area contributed by atoms with E-state index in [1.54, 1.807) is 7.11 Å². The Morgan fingerprint density at radius 1 is 1.20 bits per heavy atom. The fraction of sp³-hybridized carbons (Fsp3) is 1.00. The predicted molar refractivity (Wildman–Crippen MR) is 61.1 cm³/mol. The molecule has 4 nitrogen and oxygen atoms in total. The fourth-order valence-electron chi connectivity index (χ4n) is 1.30. The van der Waals surface area contributed by atoms with Crippen molar-refractivity contribution in [2.24, 2.45) is 0 Å². The van der Waals surface area contributed by atoms with Crippen LogP contribution >= 0.6 is 0 Å². The van der Waals surface area contributed by atoms with Crippen LogP contribution in [-0.2, 0) is 9.47 Å². The minimum Gasteiger partial charge on any atom is -0.389 e. The molecular formula is C11H25NO3. The van der Waals surface area contributed by atoms with Crippen LogP contribution in [-0.4, -0.2) is 50.7 Å². The molecule has 92 valence electrons. The lowest BCUT2D eigenvalue weighted by Gasteiger charge is -2.17. The van der Waals surface area contributed by atoms with Gasteiger partial charge in [0.2, 0.25) is 0 Å². The maximum Gasteiger partial charge on any atom is 0.0897 e. The minimum atomic E-state index is -0.428. The summed E-state index contributed by atoms with van der Waals surface area (Å²) >= 11 is 0. The zero-order chi connectivity index (χ0) is 11.5. The highest BCUT2D eigenvalue weighted by Crippen LogP contribution is 1.96. The molecule has 0 saturated carbocycles. The lowest BCUT2D eigenvalue weighted by Crippen LogP contribution is -2.37. The molecule has 1 unspecified atom stereocenters. The molecule has 0 amide bonds. The normalized spacial score (nSPS) is 13.4. The van der Waals surface area contributed by atoms with Crippen molar-refractivity contribution >= 4 is 0 Å². The van der Waals surface area contributed by atoms with Crippen molar-refractivity contribution in [1.82, 2.24) is 5.32 Å². The standard InChI is InChI=1S/C11H25NO3/c1-4-10(5-2)12-8-11(13)9-15-7-6-14-3/h10-13H,4-9H2,1-3H3. The van der Waals surface area contributed by atoms with Crippen LogP contribution in [0, 0.1) is 0 Å². The number of hydrogen-bond acceptors (Lipinski definition) is 4. The van der Waals surface area contributed by atoms with E-state index >= 15 is 0 Å². The van der Waals surface area contributed by atoms with Gasteiger partial charge >= 0.3 is 0 Å². The first kappa shape index (κ1) is 14.8. The van der Waals surface area contributed by atoms with Crippen LogP contribution in [0.15, 0.2) is 0 Å². The summed E-state index contributed by atoms with van der Waals surface area (Å²) in [5, 5.41) is 12.9. The van der Waals surface area contributed by atoms with Crippen molar-refractivity contribution in [3.63, 3.8) is 0 Å². The van der Waals surface area contributed by atoms with Gasteiger partial charge in [0.1, 0.15) is 0 Å². The summed E-state index contributed by atoms with van der Waals surface area (Å²) in [5.41, 5.74) is 0. The van der Waals surface area contributed by atoms with Crippen LogP contribution in [0.2, 0.25) is 0 Å². The Bertz CT molecular complexity index is 129. The average Bonchev–Trinajstić information content (AvgIpc) is 2.26. The number of aliphatic hydroxyl groups excluding tert-OH is 1. The molecule has 0 aromatic rings. The number of methoxy groups -OCH3 is 1. The van der Waals surface area contributed by atoms with E-state index in [2.05, 4.69) is 19.2 Å². The lowest BCUT2D eigenvalue weighted by molar-refractivity contribution is 0.0128. The molecule has 15 heavy (non-hydrogen) atoms. The Labute approximate surface area is 93.0 Å². The lowest BCUT2D eigenvalue weighted by atomic mass is 10.1. The molecule has 4 heteroatoms. The first-order valence-corrected chi connectivity index (χ1v) is 5.72. The van der Waals surface area contributed by atoms with Crippen LogP contribution in [0.1, 0.15) is 26.7 Å². The third-order valence-corrected chi connectivity index (χ3v) is 2.37. The number of aliphatic hydroxyl groups is 1. The summed E-state index contributed by atoms with van der Waals surface area (Å²) in [6.45, 7) is 6.37. The third-order valence-electron chi connectivity index (χ3n) is 2.37. The third kappa shape index (κ3) is 8.81. The van der Waals surface area contributed by atoms with Crippen LogP contribution in [0.25, 0.3) is 0 Å². The second-order valence-corrected chi connectivity index (χ2v) is 3.64. The Balaban J connectivity index is 3.35. The number of ether oxygens (including phenoxy) is 2. The highest BCUT2D eigenvalue weighted by atomic mass is 16.5. The number of hydrogen-bond donors (Lipinski definition) is 2. The van der Waals surface area contributed by atoms with Gasteiger partial charge in [0.15, 0.2) is 0 Å². The zero-order valence-electron chi connectivity index (χ0n) is 10.2. The van der Waals surface area contributed by atoms with Crippen LogP contribution in [0.4, 0.5) is 0 Å². The Morgan fingerprint density at radius 3 is 2.40 bits per heavy atom. The Hall–Kier alpha value is -0.160. The zero-order valence-corrected chi connectivity index (χ0v) is 10.2. The Morgan fingerprint density at radius 2 is 1.87 bits per heavy atom. The summed E-state index contributed by atoms with van der Waals surface area (Å²) in [6.07, 6.45) is 1.75. The van der Waals surface area contributed by atoms with Crippen molar-refractivity contribution in [3.05, 3.63) is 0 Å². The van der Waals surface area contributed by atoms with Gasteiger partial charge in [-0.15, -0.1) is 0 Å². The molecule has 1 atom stereocenters. The number of rotatable bonds is 10. The van der Waals surface area contributed by atoms with E-state index in [1.807, 2.05) is 0 Å². The van der Waals surface area contributed by atoms with E-state index in [-0.39, 0.29) is 0 Å². The van der Waals surface area contributed by atoms with Crippen LogP contribution in [0.3, 0.4) is 0 Å². The SMILES string of the molecule is CCC(CC)NCC(O)COCCOC. The first-order valence-electron chi connectivity index (χ1n) is 5.72. The van der Waals surface area contributed by atoms with Gasteiger partial charge in [0.25, 0.3) is 0 Å². The summed E-state index contributed by atoms with van der Waals surface area (Å²) < 4.78 is 10.1. The molecule has 0 fully saturated rings. The molecule has 0 aliphatic heterocycles. The molecule has 2 N–H and O–H groups in total. The predicted octanol–water partition coefficient (Wildman–Crippen LogP) is 0.788. The van der Waals surface area contributed by atoms with E-state index in [0.717, 1.165) is 12.8 Å². The Kier molecular flexibility index (Phi) is 10.3. The minimum absolute atomic E-state index is 0.372. The van der Waals surface area contributed by atoms with Gasteiger partial charge in [-0.25, -0.2) is 0 Å².